The van der Waals surface area contributed by atoms with E-state index in [-0.39, 0.29) is 0 Å². The highest BCUT2D eigenvalue weighted by atomic mass is 16.5. The fourth-order valence-corrected chi connectivity index (χ4v) is 3.14. The first kappa shape index (κ1) is 18.9. The van der Waals surface area contributed by atoms with Crippen LogP contribution >= 0.6 is 0 Å². The number of aliphatic hydroxyl groups excluding tert-OH is 1. The van der Waals surface area contributed by atoms with Crippen molar-refractivity contribution in [3.63, 3.8) is 0 Å². The van der Waals surface area contributed by atoms with Crippen LogP contribution in [0.4, 0.5) is 0 Å². The third-order valence-corrected chi connectivity index (χ3v) is 4.41. The normalized spacial score (nSPS) is 18.6. The van der Waals surface area contributed by atoms with Gasteiger partial charge in [0.25, 0.3) is 0 Å². The lowest BCUT2D eigenvalue weighted by molar-refractivity contribution is -0.000997. The Kier molecular flexibility index (Phi) is 9.49. The van der Waals surface area contributed by atoms with Crippen LogP contribution in [0.25, 0.3) is 0 Å². The van der Waals surface area contributed by atoms with Gasteiger partial charge in [0.2, 0.25) is 0 Å². The third-order valence-electron chi connectivity index (χ3n) is 4.41. The van der Waals surface area contributed by atoms with Gasteiger partial charge in [-0.1, -0.05) is 13.8 Å². The molecule has 0 aromatic heterocycles. The van der Waals surface area contributed by atoms with Crippen molar-refractivity contribution in [2.75, 3.05) is 53.0 Å². The summed E-state index contributed by atoms with van der Waals surface area (Å²) >= 11 is 0. The largest absolute Gasteiger partial charge is 0.396 e. The molecular formula is C17H36N2O2. The van der Waals surface area contributed by atoms with Crippen molar-refractivity contribution in [1.82, 2.24) is 10.2 Å². The second-order valence-corrected chi connectivity index (χ2v) is 7.16. The molecule has 0 spiro atoms. The average molecular weight is 300 g/mol. The molecule has 1 saturated heterocycles. The van der Waals surface area contributed by atoms with E-state index in [4.69, 9.17) is 9.84 Å². The number of nitrogens with zero attached hydrogens (tertiary/aromatic N) is 1. The van der Waals surface area contributed by atoms with Crippen LogP contribution in [0.5, 0.6) is 0 Å². The topological polar surface area (TPSA) is 44.7 Å². The molecule has 0 unspecified atom stereocenters. The Morgan fingerprint density at radius 2 is 1.90 bits per heavy atom. The third kappa shape index (κ3) is 8.15. The molecule has 0 aromatic carbocycles. The number of unbranched alkanes of at least 4 members (excludes halogenated alkanes) is 2. The quantitative estimate of drug-likeness (QED) is 0.574. The zero-order valence-corrected chi connectivity index (χ0v) is 14.4. The molecule has 1 rings (SSSR count). The molecule has 1 aliphatic heterocycles. The molecule has 21 heavy (non-hydrogen) atoms. The monoisotopic (exact) mass is 300 g/mol. The van der Waals surface area contributed by atoms with Gasteiger partial charge in [-0.15, -0.1) is 0 Å². The van der Waals surface area contributed by atoms with E-state index in [1.165, 1.54) is 19.3 Å². The average Bonchev–Trinajstić information content (AvgIpc) is 2.44. The molecule has 0 atom stereocenters. The first-order valence-corrected chi connectivity index (χ1v) is 8.66. The summed E-state index contributed by atoms with van der Waals surface area (Å²) in [6.07, 6.45) is 5.58. The highest BCUT2D eigenvalue weighted by Gasteiger charge is 2.33. The highest BCUT2D eigenvalue weighted by molar-refractivity contribution is 4.86. The van der Waals surface area contributed by atoms with E-state index in [9.17, 15) is 0 Å². The van der Waals surface area contributed by atoms with Gasteiger partial charge in [0.1, 0.15) is 0 Å². The molecule has 0 aromatic rings. The molecule has 0 aliphatic carbocycles. The maximum Gasteiger partial charge on any atom is 0.0472 e. The molecule has 0 amide bonds. The second-order valence-electron chi connectivity index (χ2n) is 7.16. The van der Waals surface area contributed by atoms with Crippen LogP contribution in [0.3, 0.4) is 0 Å². The first-order valence-electron chi connectivity index (χ1n) is 8.66. The van der Waals surface area contributed by atoms with Crippen molar-refractivity contribution in [2.24, 2.45) is 11.3 Å². The fourth-order valence-electron chi connectivity index (χ4n) is 3.14. The minimum absolute atomic E-state index is 0.324. The summed E-state index contributed by atoms with van der Waals surface area (Å²) < 4.78 is 5.57. The van der Waals surface area contributed by atoms with Gasteiger partial charge in [-0.25, -0.2) is 0 Å². The summed E-state index contributed by atoms with van der Waals surface area (Å²) in [6, 6.07) is 0. The van der Waals surface area contributed by atoms with Crippen LogP contribution in [-0.4, -0.2) is 63.1 Å². The summed E-state index contributed by atoms with van der Waals surface area (Å²) in [5, 5.41) is 12.5. The first-order chi connectivity index (χ1) is 10.1. The Morgan fingerprint density at radius 1 is 1.19 bits per heavy atom. The lowest BCUT2D eigenvalue weighted by Gasteiger charge is -2.40. The van der Waals surface area contributed by atoms with Crippen molar-refractivity contribution in [3.8, 4) is 0 Å². The van der Waals surface area contributed by atoms with Crippen LogP contribution in [-0.2, 0) is 4.74 Å². The minimum atomic E-state index is 0.324. The summed E-state index contributed by atoms with van der Waals surface area (Å²) in [4.78, 5) is 2.47. The Balaban J connectivity index is 2.37. The summed E-state index contributed by atoms with van der Waals surface area (Å²) in [7, 11) is 2.23. The van der Waals surface area contributed by atoms with Gasteiger partial charge in [0.05, 0.1) is 0 Å². The molecule has 0 saturated carbocycles. The maximum atomic E-state index is 8.84. The number of hydrogen-bond donors (Lipinski definition) is 2. The van der Waals surface area contributed by atoms with Gasteiger partial charge >= 0.3 is 0 Å². The van der Waals surface area contributed by atoms with E-state index >= 15 is 0 Å². The Bertz CT molecular complexity index is 253. The summed E-state index contributed by atoms with van der Waals surface area (Å²) in [6.45, 7) is 11.1. The van der Waals surface area contributed by atoms with Crippen LogP contribution in [0.15, 0.2) is 0 Å². The fraction of sp³-hybridized carbons (Fsp3) is 1.00. The zero-order chi connectivity index (χ0) is 15.6. The Hall–Kier alpha value is -0.160. The number of ether oxygens (including phenoxy) is 1. The van der Waals surface area contributed by atoms with Crippen molar-refractivity contribution >= 4 is 0 Å². The van der Waals surface area contributed by atoms with Gasteiger partial charge in [-0.05, 0) is 63.6 Å². The van der Waals surface area contributed by atoms with Gasteiger partial charge in [-0.2, -0.15) is 0 Å². The molecule has 4 nitrogen and oxygen atoms in total. The van der Waals surface area contributed by atoms with Crippen LogP contribution in [0, 0.1) is 11.3 Å². The lowest BCUT2D eigenvalue weighted by Crippen LogP contribution is -2.47. The van der Waals surface area contributed by atoms with Crippen LogP contribution in [0.2, 0.25) is 0 Å². The van der Waals surface area contributed by atoms with E-state index in [2.05, 4.69) is 31.1 Å². The van der Waals surface area contributed by atoms with Gasteiger partial charge in [-0.3, -0.25) is 0 Å². The van der Waals surface area contributed by atoms with Gasteiger partial charge in [0.15, 0.2) is 0 Å². The SMILES string of the molecule is CC(C)CNCC1(CN(C)CCCCCO)CCOCC1. The molecule has 0 radical (unpaired) electrons. The maximum absolute atomic E-state index is 8.84. The Morgan fingerprint density at radius 3 is 2.52 bits per heavy atom. The molecule has 126 valence electrons. The molecule has 4 heteroatoms. The van der Waals surface area contributed by atoms with Crippen LogP contribution < -0.4 is 5.32 Å². The van der Waals surface area contributed by atoms with E-state index < -0.39 is 0 Å². The van der Waals surface area contributed by atoms with E-state index in [1.807, 2.05) is 0 Å². The standard InChI is InChI=1S/C17H36N2O2/c1-16(2)13-18-14-17(7-11-21-12-8-17)15-19(3)9-5-4-6-10-20/h16,18,20H,4-15H2,1-3H3. The molecule has 1 fully saturated rings. The Labute approximate surface area is 131 Å². The highest BCUT2D eigenvalue weighted by Crippen LogP contribution is 2.30. The number of hydrogen-bond acceptors (Lipinski definition) is 4. The van der Waals surface area contributed by atoms with Crippen molar-refractivity contribution in [1.29, 1.82) is 0 Å². The summed E-state index contributed by atoms with van der Waals surface area (Å²) in [5.74, 6) is 0.707. The smallest absolute Gasteiger partial charge is 0.0472 e. The van der Waals surface area contributed by atoms with Crippen molar-refractivity contribution < 1.29 is 9.84 Å². The van der Waals surface area contributed by atoms with Crippen LogP contribution in [0.1, 0.15) is 46.0 Å². The molecule has 0 bridgehead atoms. The zero-order valence-electron chi connectivity index (χ0n) is 14.4. The molecule has 1 aliphatic rings. The van der Waals surface area contributed by atoms with Gasteiger partial charge in [0, 0.05) is 32.9 Å². The predicted molar refractivity (Wildman–Crippen MR) is 88.6 cm³/mol. The molecule has 2 N–H and O–H groups in total. The van der Waals surface area contributed by atoms with Gasteiger partial charge < -0.3 is 20.1 Å². The van der Waals surface area contributed by atoms with E-state index in [0.717, 1.165) is 52.2 Å². The second kappa shape index (κ2) is 10.5. The number of nitrogens with one attached hydrogen (secondary N) is 1. The summed E-state index contributed by atoms with van der Waals surface area (Å²) in [5.41, 5.74) is 0.374. The van der Waals surface area contributed by atoms with E-state index in [0.29, 0.717) is 17.9 Å². The lowest BCUT2D eigenvalue weighted by atomic mass is 9.79. The molecular weight excluding hydrogens is 264 g/mol. The number of rotatable bonds is 11. The van der Waals surface area contributed by atoms with Crippen molar-refractivity contribution in [2.45, 2.75) is 46.0 Å². The predicted octanol–water partition coefficient (Wildman–Crippen LogP) is 2.12. The number of aliphatic hydroxyl groups is 1. The minimum Gasteiger partial charge on any atom is -0.396 e. The molecule has 1 heterocycles. The van der Waals surface area contributed by atoms with Crippen molar-refractivity contribution in [3.05, 3.63) is 0 Å². The van der Waals surface area contributed by atoms with E-state index in [1.54, 1.807) is 0 Å².